The van der Waals surface area contributed by atoms with Crippen LogP contribution in [0.3, 0.4) is 0 Å². The molecule has 0 bridgehead atoms. The second-order valence-electron chi connectivity index (χ2n) is 6.27. The Morgan fingerprint density at radius 1 is 0.905 bits per heavy atom. The molecule has 0 saturated carbocycles. The lowest BCUT2D eigenvalue weighted by Crippen LogP contribution is -2.36. The van der Waals surface area contributed by atoms with E-state index in [1.807, 2.05) is 0 Å². The summed E-state index contributed by atoms with van der Waals surface area (Å²) in [6.07, 6.45) is 6.08. The molecular weight excluding hydrogens is 322 g/mol. The summed E-state index contributed by atoms with van der Waals surface area (Å²) < 4.78 is 1.28. The van der Waals surface area contributed by atoms with Gasteiger partial charge in [-0.2, -0.15) is 0 Å². The lowest BCUT2D eigenvalue weighted by atomic mass is 9.88. The Balaban J connectivity index is 1.51. The Morgan fingerprint density at radius 3 is 2.67 bits per heavy atom. The average Bonchev–Trinajstić information content (AvgIpc) is 2.92. The van der Waals surface area contributed by atoms with Gasteiger partial charge in [0, 0.05) is 16.6 Å². The molecule has 0 aromatic heterocycles. The summed E-state index contributed by atoms with van der Waals surface area (Å²) in [4.78, 5) is 0. The molecule has 0 spiro atoms. The summed E-state index contributed by atoms with van der Waals surface area (Å²) in [7, 11) is 0. The number of nitrogens with one attached hydrogen (secondary N) is 1. The van der Waals surface area contributed by atoms with E-state index in [9.17, 15) is 0 Å². The van der Waals surface area contributed by atoms with Gasteiger partial charge in [-0.25, -0.2) is 0 Å². The summed E-state index contributed by atoms with van der Waals surface area (Å²) in [5.74, 6) is 0. The minimum Gasteiger partial charge on any atom is -0.307 e. The third kappa shape index (κ3) is 2.56. The first-order valence-electron chi connectivity index (χ1n) is 7.91. The molecule has 4 rings (SSSR count). The van der Waals surface area contributed by atoms with Gasteiger partial charge in [-0.05, 0) is 60.4 Å². The van der Waals surface area contributed by atoms with Crippen LogP contribution in [0.15, 0.2) is 46.9 Å². The largest absolute Gasteiger partial charge is 0.307 e. The highest BCUT2D eigenvalue weighted by molar-refractivity contribution is 9.10. The number of aryl methyl sites for hydroxylation is 1. The van der Waals surface area contributed by atoms with Crippen LogP contribution < -0.4 is 5.32 Å². The zero-order valence-electron chi connectivity index (χ0n) is 12.1. The smallest absolute Gasteiger partial charge is 0.0329 e. The van der Waals surface area contributed by atoms with E-state index in [2.05, 4.69) is 63.7 Å². The van der Waals surface area contributed by atoms with Crippen LogP contribution in [0.4, 0.5) is 0 Å². The van der Waals surface area contributed by atoms with E-state index in [0.717, 1.165) is 0 Å². The van der Waals surface area contributed by atoms with Gasteiger partial charge >= 0.3 is 0 Å². The Bertz CT molecular complexity index is 664. The zero-order valence-corrected chi connectivity index (χ0v) is 13.7. The maximum atomic E-state index is 3.92. The number of hydrogen-bond acceptors (Lipinski definition) is 1. The number of hydrogen-bond donors (Lipinski definition) is 1. The third-order valence-electron chi connectivity index (χ3n) is 5.00. The van der Waals surface area contributed by atoms with E-state index >= 15 is 0 Å². The van der Waals surface area contributed by atoms with Crippen molar-refractivity contribution in [2.75, 3.05) is 0 Å². The maximum Gasteiger partial charge on any atom is 0.0329 e. The Kier molecular flexibility index (Phi) is 3.60. The maximum absolute atomic E-state index is 3.92. The summed E-state index contributed by atoms with van der Waals surface area (Å²) >= 11 is 3.69. The van der Waals surface area contributed by atoms with E-state index in [0.29, 0.717) is 12.1 Å². The molecule has 2 aromatic carbocycles. The lowest BCUT2D eigenvalue weighted by molar-refractivity contribution is 0.397. The first kappa shape index (κ1) is 13.5. The minimum absolute atomic E-state index is 0.535. The SMILES string of the molecule is Brc1cccc2c1CCC2NC1CCc2ccccc2C1. The number of benzene rings is 2. The predicted molar refractivity (Wildman–Crippen MR) is 90.6 cm³/mol. The predicted octanol–water partition coefficient (Wildman–Crippen LogP) is 4.58. The standard InChI is InChI=1S/C19H20BrN/c20-18-7-3-6-17-16(18)10-11-19(17)21-15-9-8-13-4-1-2-5-14(13)12-15/h1-7,15,19,21H,8-12H2. The Morgan fingerprint density at radius 2 is 1.76 bits per heavy atom. The van der Waals surface area contributed by atoms with E-state index < -0.39 is 0 Å². The molecule has 0 aliphatic heterocycles. The topological polar surface area (TPSA) is 12.0 Å². The quantitative estimate of drug-likeness (QED) is 0.842. The number of rotatable bonds is 2. The van der Waals surface area contributed by atoms with Gasteiger partial charge in [0.15, 0.2) is 0 Å². The van der Waals surface area contributed by atoms with Crippen molar-refractivity contribution >= 4 is 15.9 Å². The first-order chi connectivity index (χ1) is 10.3. The fraction of sp³-hybridized carbons (Fsp3) is 0.368. The second-order valence-corrected chi connectivity index (χ2v) is 7.13. The van der Waals surface area contributed by atoms with Gasteiger partial charge < -0.3 is 5.32 Å². The number of halogens is 1. The molecule has 2 aromatic rings. The van der Waals surface area contributed by atoms with Crippen LogP contribution in [0.2, 0.25) is 0 Å². The highest BCUT2D eigenvalue weighted by Crippen LogP contribution is 2.36. The van der Waals surface area contributed by atoms with Gasteiger partial charge in [0.1, 0.15) is 0 Å². The molecule has 2 heteroatoms. The van der Waals surface area contributed by atoms with Crippen LogP contribution in [0, 0.1) is 0 Å². The van der Waals surface area contributed by atoms with E-state index in [4.69, 9.17) is 0 Å². The van der Waals surface area contributed by atoms with Crippen LogP contribution in [0.5, 0.6) is 0 Å². The Hall–Kier alpha value is -1.12. The molecule has 108 valence electrons. The van der Waals surface area contributed by atoms with Gasteiger partial charge in [-0.15, -0.1) is 0 Å². The van der Waals surface area contributed by atoms with Crippen LogP contribution in [-0.2, 0) is 19.3 Å². The molecule has 0 fully saturated rings. The van der Waals surface area contributed by atoms with Crippen molar-refractivity contribution in [3.63, 3.8) is 0 Å². The molecular formula is C19H20BrN. The molecule has 0 amide bonds. The van der Waals surface area contributed by atoms with Crippen LogP contribution in [0.25, 0.3) is 0 Å². The Labute approximate surface area is 134 Å². The van der Waals surface area contributed by atoms with Crippen molar-refractivity contribution in [3.05, 3.63) is 69.2 Å². The van der Waals surface area contributed by atoms with Gasteiger partial charge in [-0.3, -0.25) is 0 Å². The van der Waals surface area contributed by atoms with Crippen molar-refractivity contribution in [2.24, 2.45) is 0 Å². The van der Waals surface area contributed by atoms with Crippen molar-refractivity contribution in [3.8, 4) is 0 Å². The van der Waals surface area contributed by atoms with Gasteiger partial charge in [-0.1, -0.05) is 52.3 Å². The number of fused-ring (bicyclic) bond motifs is 2. The molecule has 2 unspecified atom stereocenters. The zero-order chi connectivity index (χ0) is 14.2. The normalized spacial score (nSPS) is 23.7. The van der Waals surface area contributed by atoms with Crippen LogP contribution in [-0.4, -0.2) is 6.04 Å². The molecule has 1 N–H and O–H groups in total. The molecule has 2 atom stereocenters. The molecule has 0 radical (unpaired) electrons. The van der Waals surface area contributed by atoms with E-state index in [1.165, 1.54) is 53.3 Å². The minimum atomic E-state index is 0.535. The van der Waals surface area contributed by atoms with Crippen molar-refractivity contribution < 1.29 is 0 Å². The summed E-state index contributed by atoms with van der Waals surface area (Å²) in [6.45, 7) is 0. The summed E-state index contributed by atoms with van der Waals surface area (Å²) in [5.41, 5.74) is 6.09. The van der Waals surface area contributed by atoms with Crippen LogP contribution >= 0.6 is 15.9 Å². The monoisotopic (exact) mass is 341 g/mol. The van der Waals surface area contributed by atoms with Crippen molar-refractivity contribution in [1.29, 1.82) is 0 Å². The molecule has 21 heavy (non-hydrogen) atoms. The summed E-state index contributed by atoms with van der Waals surface area (Å²) in [6, 6.07) is 16.7. The lowest BCUT2D eigenvalue weighted by Gasteiger charge is -2.28. The molecule has 0 saturated heterocycles. The molecule has 2 aliphatic rings. The van der Waals surface area contributed by atoms with Crippen molar-refractivity contribution in [1.82, 2.24) is 5.32 Å². The highest BCUT2D eigenvalue weighted by Gasteiger charge is 2.27. The average molecular weight is 342 g/mol. The molecule has 2 aliphatic carbocycles. The fourth-order valence-electron chi connectivity index (χ4n) is 3.91. The molecule has 1 nitrogen and oxygen atoms in total. The van der Waals surface area contributed by atoms with E-state index in [-0.39, 0.29) is 0 Å². The van der Waals surface area contributed by atoms with Crippen LogP contribution in [0.1, 0.15) is 41.1 Å². The van der Waals surface area contributed by atoms with Gasteiger partial charge in [0.05, 0.1) is 0 Å². The summed E-state index contributed by atoms with van der Waals surface area (Å²) in [5, 5.41) is 3.92. The molecule has 0 heterocycles. The highest BCUT2D eigenvalue weighted by atomic mass is 79.9. The second kappa shape index (κ2) is 5.58. The van der Waals surface area contributed by atoms with Gasteiger partial charge in [0.25, 0.3) is 0 Å². The van der Waals surface area contributed by atoms with Gasteiger partial charge in [0.2, 0.25) is 0 Å². The van der Waals surface area contributed by atoms with Crippen molar-refractivity contribution in [2.45, 2.75) is 44.2 Å². The van der Waals surface area contributed by atoms with E-state index in [1.54, 1.807) is 5.56 Å². The fourth-order valence-corrected chi connectivity index (χ4v) is 4.49. The third-order valence-corrected chi connectivity index (χ3v) is 5.74. The first-order valence-corrected chi connectivity index (χ1v) is 8.70.